The van der Waals surface area contributed by atoms with Crippen molar-refractivity contribution in [2.45, 2.75) is 27.3 Å². The van der Waals surface area contributed by atoms with Gasteiger partial charge in [0.2, 0.25) is 5.88 Å². The molecular formula is C15H20BrN3O. The first-order chi connectivity index (χ1) is 9.43. The van der Waals surface area contributed by atoms with Crippen molar-refractivity contribution in [3.63, 3.8) is 0 Å². The Morgan fingerprint density at radius 3 is 2.40 bits per heavy atom. The summed E-state index contributed by atoms with van der Waals surface area (Å²) in [5, 5.41) is 7.59. The first-order valence-electron chi connectivity index (χ1n) is 6.55. The van der Waals surface area contributed by atoms with E-state index in [1.54, 1.807) is 4.68 Å². The highest BCUT2D eigenvalue weighted by atomic mass is 79.9. The Bertz CT molecular complexity index is 611. The zero-order valence-electron chi connectivity index (χ0n) is 12.5. The maximum absolute atomic E-state index is 6.07. The van der Waals surface area contributed by atoms with Crippen LogP contribution in [-0.4, -0.2) is 16.8 Å². The second-order valence-electron chi connectivity index (χ2n) is 5.00. The Morgan fingerprint density at radius 1 is 1.25 bits per heavy atom. The quantitative estimate of drug-likeness (QED) is 0.925. The van der Waals surface area contributed by atoms with Gasteiger partial charge in [-0.1, -0.05) is 15.9 Å². The lowest BCUT2D eigenvalue weighted by molar-refractivity contribution is 0.424. The van der Waals surface area contributed by atoms with Gasteiger partial charge in [0.25, 0.3) is 0 Å². The van der Waals surface area contributed by atoms with Gasteiger partial charge in [0.15, 0.2) is 0 Å². The maximum atomic E-state index is 6.07. The van der Waals surface area contributed by atoms with Crippen LogP contribution in [0.2, 0.25) is 0 Å². The number of ether oxygens (including phenoxy) is 1. The van der Waals surface area contributed by atoms with Gasteiger partial charge in [-0.15, -0.1) is 0 Å². The Labute approximate surface area is 128 Å². The molecule has 0 unspecified atom stereocenters. The Hall–Kier alpha value is -1.33. The molecule has 0 bridgehead atoms. The van der Waals surface area contributed by atoms with E-state index in [0.29, 0.717) is 0 Å². The third kappa shape index (κ3) is 2.88. The summed E-state index contributed by atoms with van der Waals surface area (Å²) in [6.07, 6.45) is 0. The molecule has 0 saturated carbocycles. The van der Waals surface area contributed by atoms with Gasteiger partial charge >= 0.3 is 0 Å². The number of rotatable bonds is 4. The predicted molar refractivity (Wildman–Crippen MR) is 84.4 cm³/mol. The van der Waals surface area contributed by atoms with Crippen LogP contribution >= 0.6 is 15.9 Å². The second kappa shape index (κ2) is 5.97. The summed E-state index contributed by atoms with van der Waals surface area (Å²) in [4.78, 5) is 0. The van der Waals surface area contributed by atoms with Crippen LogP contribution in [0, 0.1) is 20.8 Å². The number of nitrogens with zero attached hydrogens (tertiary/aromatic N) is 2. The highest BCUT2D eigenvalue weighted by Crippen LogP contribution is 2.31. The third-order valence-electron chi connectivity index (χ3n) is 3.27. The molecule has 5 heteroatoms. The molecule has 2 aromatic rings. The van der Waals surface area contributed by atoms with E-state index in [2.05, 4.69) is 40.2 Å². The van der Waals surface area contributed by atoms with Gasteiger partial charge in [-0.05, 0) is 51.1 Å². The summed E-state index contributed by atoms with van der Waals surface area (Å²) in [7, 11) is 3.82. The van der Waals surface area contributed by atoms with Crippen LogP contribution in [0.25, 0.3) is 0 Å². The molecular weight excluding hydrogens is 318 g/mol. The minimum absolute atomic E-state index is 0.740. The first-order valence-corrected chi connectivity index (χ1v) is 7.35. The Balaban J connectivity index is 2.39. The number of hydrogen-bond acceptors (Lipinski definition) is 3. The topological polar surface area (TPSA) is 39.1 Å². The largest absolute Gasteiger partial charge is 0.439 e. The zero-order chi connectivity index (χ0) is 14.9. The fourth-order valence-corrected chi connectivity index (χ4v) is 2.49. The smallest absolute Gasteiger partial charge is 0.222 e. The summed E-state index contributed by atoms with van der Waals surface area (Å²) < 4.78 is 8.98. The molecule has 0 radical (unpaired) electrons. The maximum Gasteiger partial charge on any atom is 0.222 e. The van der Waals surface area contributed by atoms with Gasteiger partial charge in [-0.3, -0.25) is 0 Å². The van der Waals surface area contributed by atoms with Crippen LogP contribution in [0.15, 0.2) is 16.6 Å². The molecule has 0 saturated heterocycles. The lowest BCUT2D eigenvalue weighted by Gasteiger charge is -2.11. The monoisotopic (exact) mass is 337 g/mol. The molecule has 4 nitrogen and oxygen atoms in total. The van der Waals surface area contributed by atoms with Gasteiger partial charge in [-0.25, -0.2) is 4.68 Å². The SMILES string of the molecule is CNCc1c(C)nn(C)c1Oc1cc(C)c(Br)c(C)c1. The highest BCUT2D eigenvalue weighted by molar-refractivity contribution is 9.10. The average molecular weight is 338 g/mol. The number of nitrogens with one attached hydrogen (secondary N) is 1. The van der Waals surface area contributed by atoms with Crippen molar-refractivity contribution in [3.8, 4) is 11.6 Å². The molecule has 20 heavy (non-hydrogen) atoms. The Kier molecular flexibility index (Phi) is 4.50. The molecule has 1 aromatic heterocycles. The second-order valence-corrected chi connectivity index (χ2v) is 5.79. The summed E-state index contributed by atoms with van der Waals surface area (Å²) in [5.41, 5.74) is 4.40. The predicted octanol–water partition coefficient (Wildman–Crippen LogP) is 3.62. The van der Waals surface area contributed by atoms with E-state index in [0.717, 1.165) is 45.0 Å². The fraction of sp³-hybridized carbons (Fsp3) is 0.400. The number of halogens is 1. The van der Waals surface area contributed by atoms with E-state index >= 15 is 0 Å². The zero-order valence-corrected chi connectivity index (χ0v) is 14.1. The van der Waals surface area contributed by atoms with Crippen molar-refractivity contribution < 1.29 is 4.74 Å². The van der Waals surface area contributed by atoms with Gasteiger partial charge in [0.1, 0.15) is 5.75 Å². The molecule has 0 spiro atoms. The summed E-state index contributed by atoms with van der Waals surface area (Å²) >= 11 is 3.57. The van der Waals surface area contributed by atoms with Crippen molar-refractivity contribution in [2.75, 3.05) is 7.05 Å². The molecule has 0 aliphatic heterocycles. The van der Waals surface area contributed by atoms with Gasteiger partial charge in [0.05, 0.1) is 11.3 Å². The van der Waals surface area contributed by atoms with Crippen LogP contribution in [-0.2, 0) is 13.6 Å². The highest BCUT2D eigenvalue weighted by Gasteiger charge is 2.15. The summed E-state index contributed by atoms with van der Waals surface area (Å²) in [6.45, 7) is 6.86. The fourth-order valence-electron chi connectivity index (χ4n) is 2.27. The van der Waals surface area contributed by atoms with Crippen molar-refractivity contribution in [3.05, 3.63) is 39.0 Å². The van der Waals surface area contributed by atoms with Gasteiger partial charge < -0.3 is 10.1 Å². The molecule has 1 heterocycles. The van der Waals surface area contributed by atoms with Crippen molar-refractivity contribution in [1.29, 1.82) is 0 Å². The average Bonchev–Trinajstić information content (AvgIpc) is 2.63. The molecule has 0 aliphatic rings. The first kappa shape index (κ1) is 15.1. The van der Waals surface area contributed by atoms with Crippen molar-refractivity contribution >= 4 is 15.9 Å². The van der Waals surface area contributed by atoms with Gasteiger partial charge in [-0.2, -0.15) is 5.10 Å². The number of aryl methyl sites for hydroxylation is 4. The Morgan fingerprint density at radius 2 is 1.85 bits per heavy atom. The molecule has 1 N–H and O–H groups in total. The molecule has 0 atom stereocenters. The third-order valence-corrected chi connectivity index (χ3v) is 4.52. The van der Waals surface area contributed by atoms with E-state index < -0.39 is 0 Å². The minimum atomic E-state index is 0.740. The van der Waals surface area contributed by atoms with Crippen LogP contribution in [0.1, 0.15) is 22.4 Å². The lowest BCUT2D eigenvalue weighted by atomic mass is 10.1. The molecule has 1 aromatic carbocycles. The standard InChI is InChI=1S/C15H20BrN3O/c1-9-6-12(7-10(2)14(9)16)20-15-13(8-17-4)11(3)18-19(15)5/h6-7,17H,8H2,1-5H3. The van der Waals surface area contributed by atoms with Gasteiger partial charge in [0, 0.05) is 18.1 Å². The van der Waals surface area contributed by atoms with Crippen LogP contribution in [0.4, 0.5) is 0 Å². The normalized spacial score (nSPS) is 10.9. The molecule has 2 rings (SSSR count). The van der Waals surface area contributed by atoms with Crippen molar-refractivity contribution in [2.24, 2.45) is 7.05 Å². The minimum Gasteiger partial charge on any atom is -0.439 e. The van der Waals surface area contributed by atoms with E-state index in [1.165, 1.54) is 0 Å². The summed E-state index contributed by atoms with van der Waals surface area (Å²) in [5.74, 6) is 1.63. The summed E-state index contributed by atoms with van der Waals surface area (Å²) in [6, 6.07) is 4.06. The van der Waals surface area contributed by atoms with Crippen LogP contribution < -0.4 is 10.1 Å². The molecule has 0 fully saturated rings. The van der Waals surface area contributed by atoms with E-state index in [-0.39, 0.29) is 0 Å². The number of benzene rings is 1. The molecule has 0 aliphatic carbocycles. The van der Waals surface area contributed by atoms with E-state index in [1.807, 2.05) is 33.2 Å². The van der Waals surface area contributed by atoms with Crippen LogP contribution in [0.5, 0.6) is 11.6 Å². The van der Waals surface area contributed by atoms with Crippen LogP contribution in [0.3, 0.4) is 0 Å². The van der Waals surface area contributed by atoms with E-state index in [9.17, 15) is 0 Å². The number of hydrogen-bond donors (Lipinski definition) is 1. The molecule has 108 valence electrons. The van der Waals surface area contributed by atoms with E-state index in [4.69, 9.17) is 4.74 Å². The van der Waals surface area contributed by atoms with Crippen molar-refractivity contribution in [1.82, 2.24) is 15.1 Å². The number of aromatic nitrogens is 2. The lowest BCUT2D eigenvalue weighted by Crippen LogP contribution is -2.07. The molecule has 0 amide bonds.